The SMILES string of the molecule is CS(=O)(=O)C1CSCCN1S(=O)(=O)CC(N)=S. The normalized spacial score (nSPS) is 23.5. The highest BCUT2D eigenvalue weighted by molar-refractivity contribution is 8.01. The van der Waals surface area contributed by atoms with Crippen LogP contribution >= 0.6 is 24.0 Å². The summed E-state index contributed by atoms with van der Waals surface area (Å²) >= 11 is 5.98. The molecule has 100 valence electrons. The van der Waals surface area contributed by atoms with E-state index in [1.54, 1.807) is 0 Å². The van der Waals surface area contributed by atoms with Crippen molar-refractivity contribution in [2.75, 3.05) is 30.1 Å². The van der Waals surface area contributed by atoms with Gasteiger partial charge in [-0.25, -0.2) is 16.8 Å². The van der Waals surface area contributed by atoms with Gasteiger partial charge in [0.2, 0.25) is 10.0 Å². The van der Waals surface area contributed by atoms with Crippen LogP contribution in [0.25, 0.3) is 0 Å². The molecule has 1 unspecified atom stereocenters. The Morgan fingerprint density at radius 2 is 2.06 bits per heavy atom. The van der Waals surface area contributed by atoms with Gasteiger partial charge in [0.25, 0.3) is 0 Å². The van der Waals surface area contributed by atoms with Gasteiger partial charge in [0.15, 0.2) is 9.84 Å². The Labute approximate surface area is 111 Å². The second-order valence-corrected chi connectivity index (χ2v) is 9.49. The Balaban J connectivity index is 3.05. The summed E-state index contributed by atoms with van der Waals surface area (Å²) in [6.07, 6.45) is 1.03. The minimum atomic E-state index is -3.74. The summed E-state index contributed by atoms with van der Waals surface area (Å²) in [4.78, 5) is -0.157. The molecule has 1 aliphatic rings. The highest BCUT2D eigenvalue weighted by atomic mass is 32.2. The van der Waals surface area contributed by atoms with Crippen molar-refractivity contribution in [2.45, 2.75) is 5.37 Å². The predicted molar refractivity (Wildman–Crippen MR) is 73.2 cm³/mol. The van der Waals surface area contributed by atoms with Crippen LogP contribution in [0.3, 0.4) is 0 Å². The van der Waals surface area contributed by atoms with Gasteiger partial charge < -0.3 is 5.73 Å². The van der Waals surface area contributed by atoms with E-state index >= 15 is 0 Å². The predicted octanol–water partition coefficient (Wildman–Crippen LogP) is -0.978. The van der Waals surface area contributed by atoms with Crippen LogP contribution in [0.4, 0.5) is 0 Å². The van der Waals surface area contributed by atoms with Crippen molar-refractivity contribution in [3.63, 3.8) is 0 Å². The van der Waals surface area contributed by atoms with Gasteiger partial charge in [0.05, 0.1) is 4.99 Å². The number of nitrogens with zero attached hydrogens (tertiary/aromatic N) is 1. The summed E-state index contributed by atoms with van der Waals surface area (Å²) in [5.74, 6) is 0.330. The zero-order chi connectivity index (χ0) is 13.3. The Morgan fingerprint density at radius 3 is 2.53 bits per heavy atom. The van der Waals surface area contributed by atoms with Crippen molar-refractivity contribution in [2.24, 2.45) is 5.73 Å². The van der Waals surface area contributed by atoms with Gasteiger partial charge in [-0.1, -0.05) is 12.2 Å². The third kappa shape index (κ3) is 4.05. The van der Waals surface area contributed by atoms with Crippen LogP contribution < -0.4 is 5.73 Å². The first-order valence-corrected chi connectivity index (χ1v) is 9.81. The molecule has 0 aromatic carbocycles. The van der Waals surface area contributed by atoms with Crippen LogP contribution in [0.2, 0.25) is 0 Å². The van der Waals surface area contributed by atoms with Crippen LogP contribution in [-0.2, 0) is 19.9 Å². The van der Waals surface area contributed by atoms with Crippen molar-refractivity contribution < 1.29 is 16.8 Å². The average Bonchev–Trinajstić information content (AvgIpc) is 2.14. The van der Waals surface area contributed by atoms with Crippen molar-refractivity contribution in [3.05, 3.63) is 0 Å². The molecule has 0 aliphatic carbocycles. The Kier molecular flexibility index (Phi) is 4.81. The number of hydrogen-bond donors (Lipinski definition) is 1. The molecular formula is C7H14N2O4S4. The summed E-state index contributed by atoms with van der Waals surface area (Å²) < 4.78 is 48.0. The van der Waals surface area contributed by atoms with Crippen LogP contribution in [0.1, 0.15) is 0 Å². The first-order chi connectivity index (χ1) is 7.64. The molecule has 0 spiro atoms. The molecule has 1 atom stereocenters. The van der Waals surface area contributed by atoms with Crippen LogP contribution in [-0.4, -0.2) is 61.6 Å². The Bertz CT molecular complexity index is 498. The highest BCUT2D eigenvalue weighted by Crippen LogP contribution is 2.23. The molecule has 10 heteroatoms. The zero-order valence-corrected chi connectivity index (χ0v) is 12.5. The minimum Gasteiger partial charge on any atom is -0.392 e. The van der Waals surface area contributed by atoms with E-state index in [1.165, 1.54) is 11.8 Å². The number of sulfonamides is 1. The topological polar surface area (TPSA) is 97.5 Å². The van der Waals surface area contributed by atoms with Crippen molar-refractivity contribution in [1.29, 1.82) is 0 Å². The summed E-state index contributed by atoms with van der Waals surface area (Å²) in [6.45, 7) is 0.174. The van der Waals surface area contributed by atoms with E-state index in [1.807, 2.05) is 0 Å². The molecule has 1 aliphatic heterocycles. The molecule has 1 fully saturated rings. The van der Waals surface area contributed by atoms with Gasteiger partial charge in [-0.3, -0.25) is 0 Å². The summed E-state index contributed by atoms with van der Waals surface area (Å²) in [7, 11) is -7.19. The van der Waals surface area contributed by atoms with Gasteiger partial charge in [-0.2, -0.15) is 16.1 Å². The zero-order valence-electron chi connectivity index (χ0n) is 9.20. The van der Waals surface area contributed by atoms with E-state index < -0.39 is 31.0 Å². The largest absolute Gasteiger partial charge is 0.392 e. The fraction of sp³-hybridized carbons (Fsp3) is 0.857. The number of sulfone groups is 1. The minimum absolute atomic E-state index is 0.157. The molecule has 1 saturated heterocycles. The number of rotatable bonds is 4. The van der Waals surface area contributed by atoms with Gasteiger partial charge >= 0.3 is 0 Å². The second kappa shape index (κ2) is 5.39. The van der Waals surface area contributed by atoms with Crippen LogP contribution in [0.15, 0.2) is 0 Å². The first kappa shape index (κ1) is 15.2. The third-order valence-electron chi connectivity index (χ3n) is 2.21. The lowest BCUT2D eigenvalue weighted by Crippen LogP contribution is -2.51. The molecule has 0 amide bonds. The van der Waals surface area contributed by atoms with E-state index in [0.717, 1.165) is 10.6 Å². The molecule has 0 aromatic heterocycles. The van der Waals surface area contributed by atoms with Crippen molar-refractivity contribution >= 4 is 48.8 Å². The van der Waals surface area contributed by atoms with Crippen LogP contribution in [0.5, 0.6) is 0 Å². The van der Waals surface area contributed by atoms with E-state index in [0.29, 0.717) is 5.75 Å². The molecular weight excluding hydrogens is 304 g/mol. The maximum Gasteiger partial charge on any atom is 0.221 e. The maximum absolute atomic E-state index is 11.9. The first-order valence-electron chi connectivity index (χ1n) is 4.69. The molecule has 17 heavy (non-hydrogen) atoms. The van der Waals surface area contributed by atoms with Crippen LogP contribution in [0, 0.1) is 0 Å². The Morgan fingerprint density at radius 1 is 1.47 bits per heavy atom. The lowest BCUT2D eigenvalue weighted by Gasteiger charge is -2.32. The van der Waals surface area contributed by atoms with Gasteiger partial charge in [0.1, 0.15) is 11.1 Å². The molecule has 1 rings (SSSR count). The van der Waals surface area contributed by atoms with E-state index in [-0.39, 0.29) is 17.3 Å². The molecule has 2 N–H and O–H groups in total. The van der Waals surface area contributed by atoms with E-state index in [4.69, 9.17) is 5.73 Å². The monoisotopic (exact) mass is 318 g/mol. The van der Waals surface area contributed by atoms with Gasteiger partial charge in [0, 0.05) is 24.3 Å². The van der Waals surface area contributed by atoms with E-state index in [2.05, 4.69) is 12.2 Å². The smallest absolute Gasteiger partial charge is 0.221 e. The maximum atomic E-state index is 11.9. The highest BCUT2D eigenvalue weighted by Gasteiger charge is 2.38. The summed E-state index contributed by atoms with van der Waals surface area (Å²) in [5, 5.41) is -1.01. The fourth-order valence-corrected chi connectivity index (χ4v) is 7.01. The number of hydrogen-bond acceptors (Lipinski definition) is 6. The van der Waals surface area contributed by atoms with E-state index in [9.17, 15) is 16.8 Å². The molecule has 0 saturated carbocycles. The number of thiocarbonyl (C=S) groups is 1. The molecule has 6 nitrogen and oxygen atoms in total. The molecule has 0 bridgehead atoms. The quantitative estimate of drug-likeness (QED) is 0.665. The lowest BCUT2D eigenvalue weighted by atomic mass is 10.6. The number of thioether (sulfide) groups is 1. The lowest BCUT2D eigenvalue weighted by molar-refractivity contribution is 0.407. The number of nitrogens with two attached hydrogens (primary N) is 1. The van der Waals surface area contributed by atoms with Crippen molar-refractivity contribution in [3.8, 4) is 0 Å². The average molecular weight is 318 g/mol. The second-order valence-electron chi connectivity index (χ2n) is 3.69. The standard InChI is InChI=1S/C7H14N2O4S4/c1-16(10,11)7-4-15-3-2-9(7)17(12,13)5-6(8)14/h7H,2-5H2,1H3,(H2,8,14). The van der Waals surface area contributed by atoms with Crippen molar-refractivity contribution in [1.82, 2.24) is 4.31 Å². The molecule has 1 heterocycles. The van der Waals surface area contributed by atoms with Gasteiger partial charge in [-0.15, -0.1) is 0 Å². The molecule has 0 radical (unpaired) electrons. The Hall–Kier alpha value is 0.1000. The summed E-state index contributed by atoms with van der Waals surface area (Å²) in [6, 6.07) is 0. The third-order valence-corrected chi connectivity index (χ3v) is 7.15. The fourth-order valence-electron chi connectivity index (χ4n) is 1.48. The molecule has 0 aromatic rings. The summed E-state index contributed by atoms with van der Waals surface area (Å²) in [5.41, 5.74) is 5.21. The van der Waals surface area contributed by atoms with Gasteiger partial charge in [-0.05, 0) is 0 Å².